The molecule has 2 fully saturated rings. The molecule has 3 amide bonds. The van der Waals surface area contributed by atoms with Crippen molar-refractivity contribution in [3.8, 4) is 0 Å². The van der Waals surface area contributed by atoms with Crippen LogP contribution in [0.25, 0.3) is 11.0 Å². The van der Waals surface area contributed by atoms with Gasteiger partial charge in [-0.1, -0.05) is 31.2 Å². The Hall–Kier alpha value is -5.06. The van der Waals surface area contributed by atoms with E-state index in [9.17, 15) is 24.0 Å². The summed E-state index contributed by atoms with van der Waals surface area (Å²) in [5, 5.41) is 11.1. The molecule has 4 heterocycles. The van der Waals surface area contributed by atoms with E-state index in [0.29, 0.717) is 42.9 Å². The molecule has 0 spiro atoms. The van der Waals surface area contributed by atoms with E-state index in [1.54, 1.807) is 30.7 Å². The Kier molecular flexibility index (Phi) is 7.75. The lowest BCUT2D eigenvalue weighted by molar-refractivity contribution is -0.137. The molecule has 236 valence electrons. The number of aryl methyl sites for hydroxylation is 1. The van der Waals surface area contributed by atoms with E-state index >= 15 is 0 Å². The van der Waals surface area contributed by atoms with Crippen molar-refractivity contribution in [2.24, 2.45) is 11.8 Å². The van der Waals surface area contributed by atoms with Gasteiger partial charge in [0, 0.05) is 60.0 Å². The van der Waals surface area contributed by atoms with Gasteiger partial charge in [-0.05, 0) is 43.4 Å². The molecule has 2 N–H and O–H groups in total. The number of nitrogens with zero attached hydrogens (tertiary/aromatic N) is 3. The molecular weight excluding hydrogens is 586 g/mol. The van der Waals surface area contributed by atoms with Crippen molar-refractivity contribution in [2.75, 3.05) is 18.4 Å². The quantitative estimate of drug-likeness (QED) is 0.220. The molecule has 3 aliphatic rings. The van der Waals surface area contributed by atoms with Crippen LogP contribution in [0.3, 0.4) is 0 Å². The minimum atomic E-state index is -1.11. The van der Waals surface area contributed by atoms with Crippen LogP contribution in [-0.4, -0.2) is 57.1 Å². The van der Waals surface area contributed by atoms with Crippen molar-refractivity contribution in [2.45, 2.75) is 58.0 Å². The number of likely N-dealkylation sites (tertiary alicyclic amines) is 1. The number of imide groups is 1. The summed E-state index contributed by atoms with van der Waals surface area (Å²) in [6.07, 6.45) is 8.55. The molecule has 11 heteroatoms. The normalized spacial score (nSPS) is 20.3. The number of furan rings is 1. The fraction of sp³-hybridized carbons (Fsp3) is 0.371. The number of fused-ring (bicyclic) bond motifs is 2. The molecule has 0 saturated carbocycles. The first-order chi connectivity index (χ1) is 22.3. The molecule has 0 radical (unpaired) electrons. The lowest BCUT2D eigenvalue weighted by atomic mass is 9.82. The van der Waals surface area contributed by atoms with Crippen molar-refractivity contribution < 1.29 is 28.4 Å². The second kappa shape index (κ2) is 12.0. The molecule has 11 nitrogen and oxygen atoms in total. The van der Waals surface area contributed by atoms with Gasteiger partial charge in [0.25, 0.3) is 0 Å². The van der Waals surface area contributed by atoms with Crippen molar-refractivity contribution in [3.63, 3.8) is 0 Å². The van der Waals surface area contributed by atoms with Gasteiger partial charge < -0.3 is 14.6 Å². The van der Waals surface area contributed by atoms with Crippen LogP contribution in [-0.2, 0) is 33.8 Å². The minimum Gasteiger partial charge on any atom is -0.464 e. The van der Waals surface area contributed by atoms with Crippen molar-refractivity contribution >= 4 is 45.9 Å². The smallest absolute Gasteiger partial charge is 0.230 e. The van der Waals surface area contributed by atoms with Gasteiger partial charge in [-0.15, -0.1) is 0 Å². The standard InChI is InChI=1S/C35H35N5O6/c1-2-20-6-7-24-22(19-46-28(24)14-20)15-30(42)39-12-10-23(11-13-39)40-18-21(17-37-40)16-36-27-5-3-4-25-31(27)34(44)32(33(25)43)26-8-9-29(41)38-35(26)45/h3-7,14,17-19,23,26,32,36H,2,8-13,15-16H2,1H3,(H,38,41,45). The van der Waals surface area contributed by atoms with Crippen LogP contribution in [0, 0.1) is 11.8 Å². The predicted octanol–water partition coefficient (Wildman–Crippen LogP) is 4.26. The van der Waals surface area contributed by atoms with E-state index < -0.39 is 17.7 Å². The van der Waals surface area contributed by atoms with Crippen LogP contribution in [0.2, 0.25) is 0 Å². The molecule has 7 rings (SSSR count). The van der Waals surface area contributed by atoms with Gasteiger partial charge in [0.2, 0.25) is 17.7 Å². The Morgan fingerprint density at radius 1 is 1.04 bits per heavy atom. The van der Waals surface area contributed by atoms with Gasteiger partial charge in [-0.2, -0.15) is 5.10 Å². The van der Waals surface area contributed by atoms with Gasteiger partial charge in [0.15, 0.2) is 11.6 Å². The number of aromatic nitrogens is 2. The zero-order valence-corrected chi connectivity index (χ0v) is 25.6. The maximum atomic E-state index is 13.4. The predicted molar refractivity (Wildman–Crippen MR) is 168 cm³/mol. The minimum absolute atomic E-state index is 0.0920. The SMILES string of the molecule is CCc1ccc2c(CC(=O)N3CCC(n4cc(CNc5cccc6c5C(=O)C(C5CCC(=O)NC5=O)C6=O)cn4)CC3)coc2c1. The lowest BCUT2D eigenvalue weighted by Crippen LogP contribution is -2.46. The number of Topliss-reactive ketones (excluding diaryl/α,β-unsaturated/α-hetero) is 2. The van der Waals surface area contributed by atoms with Crippen molar-refractivity contribution in [1.29, 1.82) is 0 Å². The molecule has 2 aromatic carbocycles. The fourth-order valence-electron chi connectivity index (χ4n) is 7.01. The van der Waals surface area contributed by atoms with Gasteiger partial charge >= 0.3 is 0 Å². The molecular formula is C35H35N5O6. The van der Waals surface area contributed by atoms with Gasteiger partial charge in [-0.25, -0.2) is 0 Å². The van der Waals surface area contributed by atoms with E-state index in [-0.39, 0.29) is 42.3 Å². The number of carbonyl (C=O) groups excluding carboxylic acids is 5. The third kappa shape index (κ3) is 5.39. The molecule has 46 heavy (non-hydrogen) atoms. The summed E-state index contributed by atoms with van der Waals surface area (Å²) in [5.74, 6) is -3.58. The number of anilines is 1. The van der Waals surface area contributed by atoms with E-state index in [1.165, 1.54) is 5.56 Å². The number of hydrogen-bond donors (Lipinski definition) is 2. The highest BCUT2D eigenvalue weighted by atomic mass is 16.3. The number of rotatable bonds is 8. The van der Waals surface area contributed by atoms with Gasteiger partial charge in [-0.3, -0.25) is 34.0 Å². The topological polar surface area (TPSA) is 144 Å². The van der Waals surface area contributed by atoms with E-state index in [1.807, 2.05) is 27.9 Å². The highest BCUT2D eigenvalue weighted by molar-refractivity contribution is 6.30. The number of carbonyl (C=O) groups is 5. The first-order valence-electron chi connectivity index (χ1n) is 15.9. The summed E-state index contributed by atoms with van der Waals surface area (Å²) >= 11 is 0. The van der Waals surface area contributed by atoms with Crippen LogP contribution in [0.5, 0.6) is 0 Å². The van der Waals surface area contributed by atoms with E-state index in [2.05, 4.69) is 28.7 Å². The first kappa shape index (κ1) is 29.6. The molecule has 2 saturated heterocycles. The number of benzene rings is 2. The van der Waals surface area contributed by atoms with Crippen LogP contribution < -0.4 is 10.6 Å². The van der Waals surface area contributed by atoms with E-state index in [0.717, 1.165) is 41.4 Å². The van der Waals surface area contributed by atoms with Crippen LogP contribution >= 0.6 is 0 Å². The van der Waals surface area contributed by atoms with Crippen LogP contribution in [0.1, 0.15) is 76.1 Å². The number of piperidine rings is 2. The fourth-order valence-corrected chi connectivity index (χ4v) is 7.01. The molecule has 2 atom stereocenters. The molecule has 0 bridgehead atoms. The Labute approximate surface area is 265 Å². The largest absolute Gasteiger partial charge is 0.464 e. The summed E-state index contributed by atoms with van der Waals surface area (Å²) in [5.41, 5.74) is 4.96. The first-order valence-corrected chi connectivity index (χ1v) is 15.9. The third-order valence-corrected chi connectivity index (χ3v) is 9.62. The molecule has 2 aliphatic heterocycles. The highest BCUT2D eigenvalue weighted by Crippen LogP contribution is 2.38. The molecule has 1 aliphatic carbocycles. The van der Waals surface area contributed by atoms with E-state index in [4.69, 9.17) is 4.42 Å². The second-order valence-electron chi connectivity index (χ2n) is 12.4. The molecule has 2 unspecified atom stereocenters. The second-order valence-corrected chi connectivity index (χ2v) is 12.4. The Bertz CT molecular complexity index is 1880. The van der Waals surface area contributed by atoms with Gasteiger partial charge in [0.1, 0.15) is 5.58 Å². The lowest BCUT2D eigenvalue weighted by Gasteiger charge is -2.32. The number of amides is 3. The summed E-state index contributed by atoms with van der Waals surface area (Å²) in [6.45, 7) is 3.78. The summed E-state index contributed by atoms with van der Waals surface area (Å²) < 4.78 is 7.67. The average Bonchev–Trinajstić information content (AvgIpc) is 3.77. The number of nitrogens with one attached hydrogen (secondary N) is 2. The van der Waals surface area contributed by atoms with Crippen molar-refractivity contribution in [3.05, 3.63) is 82.9 Å². The summed E-state index contributed by atoms with van der Waals surface area (Å²) in [6, 6.07) is 11.4. The Balaban J connectivity index is 0.952. The summed E-state index contributed by atoms with van der Waals surface area (Å²) in [7, 11) is 0. The number of ketones is 2. The Morgan fingerprint density at radius 3 is 2.65 bits per heavy atom. The third-order valence-electron chi connectivity index (χ3n) is 9.62. The average molecular weight is 622 g/mol. The van der Waals surface area contributed by atoms with Crippen LogP contribution in [0.15, 0.2) is 59.5 Å². The summed E-state index contributed by atoms with van der Waals surface area (Å²) in [4.78, 5) is 65.8. The Morgan fingerprint density at radius 2 is 1.87 bits per heavy atom. The maximum Gasteiger partial charge on any atom is 0.230 e. The maximum absolute atomic E-state index is 13.4. The monoisotopic (exact) mass is 621 g/mol. The molecule has 4 aromatic rings. The molecule has 2 aromatic heterocycles. The van der Waals surface area contributed by atoms with Crippen LogP contribution in [0.4, 0.5) is 5.69 Å². The zero-order valence-electron chi connectivity index (χ0n) is 25.6. The van der Waals surface area contributed by atoms with Gasteiger partial charge in [0.05, 0.1) is 42.3 Å². The van der Waals surface area contributed by atoms with Crippen molar-refractivity contribution in [1.82, 2.24) is 20.0 Å². The highest BCUT2D eigenvalue weighted by Gasteiger charge is 2.48. The number of hydrogen-bond acceptors (Lipinski definition) is 8. The zero-order chi connectivity index (χ0) is 31.9.